The van der Waals surface area contributed by atoms with Crippen molar-refractivity contribution in [2.75, 3.05) is 0 Å². The van der Waals surface area contributed by atoms with E-state index in [0.29, 0.717) is 5.82 Å². The smallest absolute Gasteiger partial charge is 0.185 e. The van der Waals surface area contributed by atoms with Crippen LogP contribution in [0.5, 0.6) is 0 Å². The number of carbonyl (C=O) groups is 1. The number of aromatic amines is 1. The first-order valence-electron chi connectivity index (χ1n) is 4.78. The molecule has 0 amide bonds. The molecule has 0 atom stereocenters. The summed E-state index contributed by atoms with van der Waals surface area (Å²) in [7, 11) is 0. The molecule has 1 aliphatic rings. The number of aldehydes is 1. The molecule has 0 fully saturated rings. The fraction of sp³-hybridized carbons (Fsp3) is 0.273. The lowest BCUT2D eigenvalue weighted by atomic mass is 10.3. The van der Waals surface area contributed by atoms with E-state index in [1.807, 2.05) is 38.2 Å². The Morgan fingerprint density at radius 3 is 2.86 bits per heavy atom. The van der Waals surface area contributed by atoms with E-state index < -0.39 is 0 Å². The average Bonchev–Trinajstić information content (AvgIpc) is 2.52. The van der Waals surface area contributed by atoms with Crippen molar-refractivity contribution in [1.29, 1.82) is 0 Å². The normalized spacial score (nSPS) is 12.4. The van der Waals surface area contributed by atoms with Crippen molar-refractivity contribution in [3.63, 3.8) is 0 Å². The Labute approximate surface area is 85.0 Å². The van der Waals surface area contributed by atoms with Crippen molar-refractivity contribution in [3.8, 4) is 0 Å². The van der Waals surface area contributed by atoms with Gasteiger partial charge in [0.2, 0.25) is 0 Å². The van der Waals surface area contributed by atoms with Gasteiger partial charge in [-0.1, -0.05) is 26.0 Å². The zero-order valence-corrected chi connectivity index (χ0v) is 8.45. The van der Waals surface area contributed by atoms with Crippen LogP contribution in [-0.2, 0) is 0 Å². The maximum absolute atomic E-state index is 10.4. The van der Waals surface area contributed by atoms with Gasteiger partial charge in [-0.05, 0) is 18.6 Å². The summed E-state index contributed by atoms with van der Waals surface area (Å²) in [6, 6.07) is 0. The summed E-state index contributed by atoms with van der Waals surface area (Å²) in [5, 5.41) is 0. The minimum Gasteiger partial charge on any atom is -0.336 e. The van der Waals surface area contributed by atoms with E-state index in [9.17, 15) is 4.79 Å². The Bertz CT molecular complexity index is 337. The fourth-order valence-corrected chi connectivity index (χ4v) is 1.17. The Morgan fingerprint density at radius 1 is 1.43 bits per heavy atom. The van der Waals surface area contributed by atoms with Crippen molar-refractivity contribution in [3.05, 3.63) is 29.4 Å². The first-order chi connectivity index (χ1) is 6.90. The van der Waals surface area contributed by atoms with E-state index in [-0.39, 0.29) is 1.43 Å². The van der Waals surface area contributed by atoms with E-state index in [2.05, 4.69) is 9.97 Å². The zero-order valence-electron chi connectivity index (χ0n) is 8.45. The van der Waals surface area contributed by atoms with Crippen LogP contribution < -0.4 is 0 Å². The third kappa shape index (κ3) is 2.19. The molecule has 0 saturated heterocycles. The fourth-order valence-electron chi connectivity index (χ4n) is 1.17. The quantitative estimate of drug-likeness (QED) is 0.695. The minimum absolute atomic E-state index is 0. The van der Waals surface area contributed by atoms with Gasteiger partial charge in [-0.2, -0.15) is 0 Å². The van der Waals surface area contributed by atoms with Crippen LogP contribution in [0.3, 0.4) is 0 Å². The molecule has 0 spiro atoms. The summed E-state index contributed by atoms with van der Waals surface area (Å²) in [5.74, 6) is 0.385. The summed E-state index contributed by atoms with van der Waals surface area (Å²) in [6.07, 6.45) is 9.53. The molecule has 1 aromatic rings. The van der Waals surface area contributed by atoms with Crippen LogP contribution in [0.1, 0.15) is 43.7 Å². The number of fused-ring (bicyclic) bond motifs is 1. The average molecular weight is 192 g/mol. The van der Waals surface area contributed by atoms with Gasteiger partial charge in [0.05, 0.1) is 11.4 Å². The van der Waals surface area contributed by atoms with Gasteiger partial charge in [-0.3, -0.25) is 4.79 Å². The SMILES string of the molecule is CC.O=Cc1nc2c([nH]1)C=CCC=C2.[HH]. The van der Waals surface area contributed by atoms with Crippen molar-refractivity contribution in [1.82, 2.24) is 9.97 Å². The largest absolute Gasteiger partial charge is 0.336 e. The Balaban J connectivity index is 0.000000617. The molecule has 0 aliphatic heterocycles. The second kappa shape index (κ2) is 5.17. The highest BCUT2D eigenvalue weighted by atomic mass is 16.1. The lowest BCUT2D eigenvalue weighted by Crippen LogP contribution is -1.80. The molecule has 1 N–H and O–H groups in total. The van der Waals surface area contributed by atoms with Gasteiger partial charge in [-0.15, -0.1) is 0 Å². The number of nitrogens with zero attached hydrogens (tertiary/aromatic N) is 1. The molecule has 0 saturated carbocycles. The van der Waals surface area contributed by atoms with Gasteiger partial charge >= 0.3 is 0 Å². The lowest BCUT2D eigenvalue weighted by molar-refractivity contribution is 0.111. The van der Waals surface area contributed by atoms with Crippen molar-refractivity contribution in [2.24, 2.45) is 0 Å². The Hall–Kier alpha value is -1.64. The van der Waals surface area contributed by atoms with Crippen molar-refractivity contribution < 1.29 is 6.22 Å². The van der Waals surface area contributed by atoms with Gasteiger partial charge in [0.1, 0.15) is 0 Å². The number of rotatable bonds is 1. The molecule has 1 aromatic heterocycles. The third-order valence-corrected chi connectivity index (χ3v) is 1.72. The van der Waals surface area contributed by atoms with Gasteiger partial charge in [0.15, 0.2) is 12.1 Å². The minimum atomic E-state index is 0. The van der Waals surface area contributed by atoms with Gasteiger partial charge in [-0.25, -0.2) is 4.98 Å². The molecule has 3 heteroatoms. The van der Waals surface area contributed by atoms with Crippen LogP contribution in [0.25, 0.3) is 12.2 Å². The molecule has 0 aromatic carbocycles. The molecule has 14 heavy (non-hydrogen) atoms. The summed E-state index contributed by atoms with van der Waals surface area (Å²) in [5.41, 5.74) is 1.75. The lowest BCUT2D eigenvalue weighted by Gasteiger charge is -1.83. The highest BCUT2D eigenvalue weighted by molar-refractivity contribution is 5.73. The summed E-state index contributed by atoms with van der Waals surface area (Å²) in [6.45, 7) is 4.00. The zero-order chi connectivity index (χ0) is 10.4. The maximum atomic E-state index is 10.4. The summed E-state index contributed by atoms with van der Waals surface area (Å²) < 4.78 is 0. The van der Waals surface area contributed by atoms with E-state index in [0.717, 1.165) is 24.1 Å². The van der Waals surface area contributed by atoms with E-state index in [4.69, 9.17) is 0 Å². The number of carbonyl (C=O) groups excluding carboxylic acids is 1. The first-order valence-corrected chi connectivity index (χ1v) is 4.78. The van der Waals surface area contributed by atoms with Gasteiger partial charge in [0, 0.05) is 1.43 Å². The Kier molecular flexibility index (Phi) is 3.85. The van der Waals surface area contributed by atoms with Crippen molar-refractivity contribution >= 4 is 18.4 Å². The molecular formula is C11H16N2O. The second-order valence-electron chi connectivity index (χ2n) is 2.58. The van der Waals surface area contributed by atoms with E-state index in [1.165, 1.54) is 0 Å². The summed E-state index contributed by atoms with van der Waals surface area (Å²) in [4.78, 5) is 17.3. The van der Waals surface area contributed by atoms with Crippen LogP contribution in [0, 0.1) is 0 Å². The van der Waals surface area contributed by atoms with E-state index >= 15 is 0 Å². The molecule has 76 valence electrons. The van der Waals surface area contributed by atoms with Crippen molar-refractivity contribution in [2.45, 2.75) is 20.3 Å². The van der Waals surface area contributed by atoms with Gasteiger partial charge < -0.3 is 4.98 Å². The Morgan fingerprint density at radius 2 is 2.14 bits per heavy atom. The molecule has 1 aliphatic carbocycles. The monoisotopic (exact) mass is 192 g/mol. The van der Waals surface area contributed by atoms with Crippen LogP contribution in [0.4, 0.5) is 0 Å². The topological polar surface area (TPSA) is 45.8 Å². The predicted molar refractivity (Wildman–Crippen MR) is 60.1 cm³/mol. The maximum Gasteiger partial charge on any atom is 0.185 e. The summed E-state index contributed by atoms with van der Waals surface area (Å²) >= 11 is 0. The predicted octanol–water partition coefficient (Wildman–Crippen LogP) is 2.92. The molecular weight excluding hydrogens is 176 g/mol. The molecule has 1 heterocycles. The number of nitrogens with one attached hydrogen (secondary N) is 1. The number of hydrogen-bond donors (Lipinski definition) is 1. The molecule has 0 bridgehead atoms. The van der Waals surface area contributed by atoms with E-state index in [1.54, 1.807) is 0 Å². The van der Waals surface area contributed by atoms with Crippen LogP contribution in [0.2, 0.25) is 0 Å². The van der Waals surface area contributed by atoms with Gasteiger partial charge in [0.25, 0.3) is 0 Å². The number of hydrogen-bond acceptors (Lipinski definition) is 2. The molecule has 2 rings (SSSR count). The molecule has 0 unspecified atom stereocenters. The standard InChI is InChI=1S/C9H8N2O.C2H6.H2/c12-6-9-10-7-4-2-1-3-5-8(7)11-9;1-2;/h2-6H,1H2,(H,10,11);1-2H3;1H. The number of allylic oxidation sites excluding steroid dienone is 2. The third-order valence-electron chi connectivity index (χ3n) is 1.72. The van der Waals surface area contributed by atoms with Crippen LogP contribution in [0.15, 0.2) is 12.2 Å². The van der Waals surface area contributed by atoms with Crippen LogP contribution in [-0.4, -0.2) is 16.3 Å². The van der Waals surface area contributed by atoms with Crippen LogP contribution >= 0.6 is 0 Å². The molecule has 0 radical (unpaired) electrons. The number of H-pyrrole nitrogens is 1. The number of aromatic nitrogens is 2. The highest BCUT2D eigenvalue weighted by Gasteiger charge is 2.04. The first kappa shape index (κ1) is 10.4. The number of imidazole rings is 1. The molecule has 3 nitrogen and oxygen atoms in total. The second-order valence-corrected chi connectivity index (χ2v) is 2.58. The highest BCUT2D eigenvalue weighted by Crippen LogP contribution is 2.13.